The Morgan fingerprint density at radius 2 is 1.93 bits per heavy atom. The Balaban J connectivity index is 1.13. The minimum Gasteiger partial charge on any atom is -0.356 e. The standard InChI is InChI=1S/C30H20ClF3N6O2/c1-14-19-4-2-15(8-26(19)42-37-14)17-6-23(35-12-17)29-22-11-21(22)25-7-16(9-28(41)40(25)29)20-10-18(31)3-5-24(20)39-13-27(36-38-39)30(32,33)34/h2-5,7-10,12-13,21-22,29H,6,11H2,1H3. The molecule has 5 aromatic rings. The van der Waals surface area contributed by atoms with Gasteiger partial charge in [0, 0.05) is 52.0 Å². The average molecular weight is 589 g/mol. The molecule has 0 saturated heterocycles. The fourth-order valence-corrected chi connectivity index (χ4v) is 6.52. The number of aromatic nitrogens is 5. The Bertz CT molecular complexity index is 2070. The highest BCUT2D eigenvalue weighted by molar-refractivity contribution is 6.31. The molecule has 210 valence electrons. The van der Waals surface area contributed by atoms with Crippen LogP contribution in [0.4, 0.5) is 13.2 Å². The van der Waals surface area contributed by atoms with Gasteiger partial charge in [0.15, 0.2) is 11.3 Å². The summed E-state index contributed by atoms with van der Waals surface area (Å²) in [7, 11) is 0. The van der Waals surface area contributed by atoms with E-state index in [1.165, 1.54) is 6.07 Å². The first-order valence-corrected chi connectivity index (χ1v) is 13.7. The van der Waals surface area contributed by atoms with Crippen LogP contribution >= 0.6 is 11.6 Å². The highest BCUT2D eigenvalue weighted by Gasteiger charge is 2.54. The molecule has 42 heavy (non-hydrogen) atoms. The third-order valence-electron chi connectivity index (χ3n) is 8.42. The van der Waals surface area contributed by atoms with E-state index in [-0.39, 0.29) is 23.4 Å². The number of benzene rings is 2. The second-order valence-electron chi connectivity index (χ2n) is 11.0. The zero-order valence-electron chi connectivity index (χ0n) is 21.9. The molecule has 8 rings (SSSR count). The molecule has 12 heteroatoms. The van der Waals surface area contributed by atoms with E-state index < -0.39 is 11.9 Å². The predicted molar refractivity (Wildman–Crippen MR) is 150 cm³/mol. The lowest BCUT2D eigenvalue weighted by Gasteiger charge is -2.20. The third-order valence-corrected chi connectivity index (χ3v) is 8.66. The van der Waals surface area contributed by atoms with Crippen molar-refractivity contribution in [3.63, 3.8) is 0 Å². The van der Waals surface area contributed by atoms with Gasteiger partial charge in [0.2, 0.25) is 0 Å². The summed E-state index contributed by atoms with van der Waals surface area (Å²) in [6, 6.07) is 14.0. The normalized spacial score (nSPS) is 20.9. The molecule has 3 aromatic heterocycles. The first-order valence-electron chi connectivity index (χ1n) is 13.3. The van der Waals surface area contributed by atoms with Crippen LogP contribution < -0.4 is 5.56 Å². The SMILES string of the molecule is Cc1noc2cc(C3=CN=C(C4C5CC5c5cc(-c6cc(Cl)ccc6-n6cc(C(F)(F)F)nn6)cc(=O)n54)C3)ccc12. The number of aliphatic imine (C=N–C) groups is 1. The van der Waals surface area contributed by atoms with Crippen molar-refractivity contribution in [1.29, 1.82) is 0 Å². The Hall–Kier alpha value is -4.51. The minimum absolute atomic E-state index is 0.153. The molecular weight excluding hydrogens is 569 g/mol. The molecular formula is C30H20ClF3N6O2. The number of hydrogen-bond donors (Lipinski definition) is 0. The summed E-state index contributed by atoms with van der Waals surface area (Å²) in [6.07, 6.45) is -0.394. The molecule has 1 saturated carbocycles. The van der Waals surface area contributed by atoms with Gasteiger partial charge in [-0.25, -0.2) is 4.68 Å². The predicted octanol–water partition coefficient (Wildman–Crippen LogP) is 6.76. The fourth-order valence-electron chi connectivity index (χ4n) is 6.35. The minimum atomic E-state index is -4.63. The van der Waals surface area contributed by atoms with Crippen LogP contribution in [-0.2, 0) is 6.18 Å². The van der Waals surface area contributed by atoms with Crippen molar-refractivity contribution in [2.45, 2.75) is 37.9 Å². The molecule has 2 aromatic carbocycles. The first-order chi connectivity index (χ1) is 20.2. The van der Waals surface area contributed by atoms with Gasteiger partial charge in [-0.2, -0.15) is 13.2 Å². The average Bonchev–Trinajstić information content (AvgIpc) is 3.37. The number of aryl methyl sites for hydroxylation is 1. The van der Waals surface area contributed by atoms with Crippen molar-refractivity contribution in [3.8, 4) is 16.8 Å². The number of rotatable bonds is 4. The van der Waals surface area contributed by atoms with Gasteiger partial charge < -0.3 is 9.09 Å². The van der Waals surface area contributed by atoms with Gasteiger partial charge >= 0.3 is 6.18 Å². The Labute approximate surface area is 240 Å². The van der Waals surface area contributed by atoms with Crippen LogP contribution in [0.1, 0.15) is 47.4 Å². The molecule has 2 aliphatic heterocycles. The van der Waals surface area contributed by atoms with Crippen molar-refractivity contribution >= 4 is 33.9 Å². The molecule has 3 aliphatic rings. The van der Waals surface area contributed by atoms with Crippen LogP contribution in [-0.4, -0.2) is 30.4 Å². The van der Waals surface area contributed by atoms with Gasteiger partial charge in [0.05, 0.1) is 23.6 Å². The summed E-state index contributed by atoms with van der Waals surface area (Å²) in [5.74, 6) is 0.469. The van der Waals surface area contributed by atoms with E-state index in [1.54, 1.807) is 18.2 Å². The Morgan fingerprint density at radius 1 is 1.07 bits per heavy atom. The monoisotopic (exact) mass is 588 g/mol. The summed E-state index contributed by atoms with van der Waals surface area (Å²) >= 11 is 6.29. The maximum absolute atomic E-state index is 13.7. The van der Waals surface area contributed by atoms with Crippen molar-refractivity contribution < 1.29 is 17.7 Å². The van der Waals surface area contributed by atoms with E-state index >= 15 is 0 Å². The number of halogens is 4. The number of allylic oxidation sites excluding steroid dienone is 1. The molecule has 0 bridgehead atoms. The van der Waals surface area contributed by atoms with E-state index in [9.17, 15) is 18.0 Å². The highest BCUT2D eigenvalue weighted by atomic mass is 35.5. The first kappa shape index (κ1) is 25.2. The zero-order valence-corrected chi connectivity index (χ0v) is 22.7. The summed E-state index contributed by atoms with van der Waals surface area (Å²) in [5.41, 5.74) is 5.51. The summed E-state index contributed by atoms with van der Waals surface area (Å²) in [4.78, 5) is 18.4. The van der Waals surface area contributed by atoms with Crippen LogP contribution in [0.3, 0.4) is 0 Å². The van der Waals surface area contributed by atoms with Crippen LogP contribution in [0.15, 0.2) is 75.2 Å². The molecule has 5 heterocycles. The topological polar surface area (TPSA) is 91.1 Å². The molecule has 1 aliphatic carbocycles. The molecule has 0 N–H and O–H groups in total. The summed E-state index contributed by atoms with van der Waals surface area (Å²) in [5, 5.41) is 12.4. The Kier molecular flexibility index (Phi) is 5.25. The number of alkyl halides is 3. The van der Waals surface area contributed by atoms with Crippen molar-refractivity contribution in [1.82, 2.24) is 24.7 Å². The summed E-state index contributed by atoms with van der Waals surface area (Å²) in [6.45, 7) is 1.90. The second-order valence-corrected chi connectivity index (χ2v) is 11.4. The second kappa shape index (κ2) is 8.75. The maximum atomic E-state index is 13.7. The van der Waals surface area contributed by atoms with Gasteiger partial charge in [-0.3, -0.25) is 9.79 Å². The largest absolute Gasteiger partial charge is 0.436 e. The number of fused-ring (bicyclic) bond motifs is 4. The van der Waals surface area contributed by atoms with Crippen LogP contribution in [0, 0.1) is 12.8 Å². The van der Waals surface area contributed by atoms with E-state index in [1.807, 2.05) is 42.0 Å². The third kappa shape index (κ3) is 3.87. The van der Waals surface area contributed by atoms with E-state index in [0.29, 0.717) is 28.3 Å². The highest BCUT2D eigenvalue weighted by Crippen LogP contribution is 2.60. The molecule has 3 atom stereocenters. The van der Waals surface area contributed by atoms with Crippen molar-refractivity contribution in [2.75, 3.05) is 0 Å². The van der Waals surface area contributed by atoms with Gasteiger partial charge in [-0.05, 0) is 72.4 Å². The lowest BCUT2D eigenvalue weighted by atomic mass is 9.97. The van der Waals surface area contributed by atoms with E-state index in [4.69, 9.17) is 21.1 Å². The van der Waals surface area contributed by atoms with Crippen LogP contribution in [0.5, 0.6) is 0 Å². The van der Waals surface area contributed by atoms with Crippen LogP contribution in [0.2, 0.25) is 5.02 Å². The fraction of sp³-hybridized carbons (Fsp3) is 0.233. The van der Waals surface area contributed by atoms with Gasteiger partial charge in [-0.1, -0.05) is 28.0 Å². The lowest BCUT2D eigenvalue weighted by Crippen LogP contribution is -2.29. The lowest BCUT2D eigenvalue weighted by molar-refractivity contribution is -0.141. The number of pyridine rings is 1. The van der Waals surface area contributed by atoms with Gasteiger partial charge in [0.25, 0.3) is 5.56 Å². The quantitative estimate of drug-likeness (QED) is 0.231. The van der Waals surface area contributed by atoms with Crippen molar-refractivity contribution in [3.05, 3.63) is 98.9 Å². The zero-order chi connectivity index (χ0) is 28.9. The van der Waals surface area contributed by atoms with Gasteiger partial charge in [-0.15, -0.1) is 5.10 Å². The van der Waals surface area contributed by atoms with E-state index in [2.05, 4.69) is 15.5 Å². The smallest absolute Gasteiger partial charge is 0.356 e. The molecule has 1 fully saturated rings. The van der Waals surface area contributed by atoms with E-state index in [0.717, 1.165) is 56.5 Å². The molecule has 0 amide bonds. The number of hydrogen-bond acceptors (Lipinski definition) is 6. The molecule has 3 unspecified atom stereocenters. The van der Waals surface area contributed by atoms with Gasteiger partial charge in [0.1, 0.15) is 0 Å². The Morgan fingerprint density at radius 3 is 2.74 bits per heavy atom. The molecule has 8 nitrogen and oxygen atoms in total. The number of nitrogens with zero attached hydrogens (tertiary/aromatic N) is 6. The molecule has 0 spiro atoms. The van der Waals surface area contributed by atoms with Crippen molar-refractivity contribution in [2.24, 2.45) is 10.9 Å². The summed E-state index contributed by atoms with van der Waals surface area (Å²) < 4.78 is 47.9. The van der Waals surface area contributed by atoms with Crippen LogP contribution in [0.25, 0.3) is 33.4 Å². The maximum Gasteiger partial charge on any atom is 0.436 e. The molecule has 0 radical (unpaired) electrons.